The predicted octanol–water partition coefficient (Wildman–Crippen LogP) is 3.68. The van der Waals surface area contributed by atoms with Crippen LogP contribution in [-0.2, 0) is 4.74 Å². The van der Waals surface area contributed by atoms with Crippen molar-refractivity contribution in [2.75, 3.05) is 25.6 Å². The number of aliphatic hydroxyl groups is 1. The van der Waals surface area contributed by atoms with Gasteiger partial charge in [0.2, 0.25) is 0 Å². The minimum absolute atomic E-state index is 0.0307. The van der Waals surface area contributed by atoms with Gasteiger partial charge in [-0.1, -0.05) is 15.9 Å². The highest BCUT2D eigenvalue weighted by Gasteiger charge is 2.23. The second-order valence-corrected chi connectivity index (χ2v) is 8.03. The fourth-order valence-corrected chi connectivity index (χ4v) is 4.85. The Morgan fingerprint density at radius 2 is 2.13 bits per heavy atom. The highest BCUT2D eigenvalue weighted by atomic mass is 79.9. The van der Waals surface area contributed by atoms with E-state index in [2.05, 4.69) is 44.1 Å². The van der Waals surface area contributed by atoms with Crippen LogP contribution < -0.4 is 0 Å². The van der Waals surface area contributed by atoms with Crippen LogP contribution >= 0.6 is 27.7 Å². The van der Waals surface area contributed by atoms with Crippen LogP contribution in [-0.4, -0.2) is 46.7 Å². The molecular formula is C17H19BrN2O2S. The summed E-state index contributed by atoms with van der Waals surface area (Å²) in [5.41, 5.74) is 3.64. The van der Waals surface area contributed by atoms with Crippen molar-refractivity contribution in [3.8, 4) is 0 Å². The van der Waals surface area contributed by atoms with Crippen molar-refractivity contribution in [3.63, 3.8) is 0 Å². The number of nitrogens with one attached hydrogen (secondary N) is 1. The minimum Gasteiger partial charge on any atom is -0.394 e. The van der Waals surface area contributed by atoms with Gasteiger partial charge >= 0.3 is 0 Å². The maximum Gasteiger partial charge on any atom is 0.115 e. The van der Waals surface area contributed by atoms with Crippen LogP contribution in [0.4, 0.5) is 0 Å². The van der Waals surface area contributed by atoms with Crippen LogP contribution in [0.15, 0.2) is 27.7 Å². The van der Waals surface area contributed by atoms with Gasteiger partial charge in [0.15, 0.2) is 0 Å². The Morgan fingerprint density at radius 1 is 1.30 bits per heavy atom. The molecular weight excluding hydrogens is 376 g/mol. The molecule has 6 heteroatoms. The van der Waals surface area contributed by atoms with Crippen LogP contribution in [0.25, 0.3) is 10.9 Å². The molecule has 122 valence electrons. The molecule has 1 unspecified atom stereocenters. The molecule has 0 saturated carbocycles. The van der Waals surface area contributed by atoms with Gasteiger partial charge in [-0.25, -0.2) is 0 Å². The summed E-state index contributed by atoms with van der Waals surface area (Å²) < 4.78 is 6.62. The van der Waals surface area contributed by atoms with Gasteiger partial charge in [-0.05, 0) is 42.5 Å². The number of hydrogen-bond donors (Lipinski definition) is 2. The molecule has 0 bridgehead atoms. The second-order valence-electron chi connectivity index (χ2n) is 6.11. The zero-order chi connectivity index (χ0) is 15.8. The maximum atomic E-state index is 9.27. The highest BCUT2D eigenvalue weighted by Crippen LogP contribution is 2.36. The average molecular weight is 395 g/mol. The van der Waals surface area contributed by atoms with Crippen molar-refractivity contribution < 1.29 is 9.84 Å². The molecule has 0 radical (unpaired) electrons. The number of H-pyrrole nitrogens is 1. The van der Waals surface area contributed by atoms with E-state index in [1.165, 1.54) is 16.5 Å². The number of fused-ring (bicyclic) bond motifs is 1. The van der Waals surface area contributed by atoms with Gasteiger partial charge in [0.1, 0.15) is 5.04 Å². The number of ether oxygens (including phenoxy) is 1. The number of aliphatic imine (C=N–C) groups is 1. The van der Waals surface area contributed by atoms with Gasteiger partial charge in [-0.3, -0.25) is 4.99 Å². The summed E-state index contributed by atoms with van der Waals surface area (Å²) in [4.78, 5) is 8.18. The van der Waals surface area contributed by atoms with E-state index >= 15 is 0 Å². The number of rotatable bonds is 3. The number of halogens is 1. The molecule has 2 aromatic rings. The van der Waals surface area contributed by atoms with Gasteiger partial charge in [-0.2, -0.15) is 0 Å². The van der Waals surface area contributed by atoms with Gasteiger partial charge < -0.3 is 14.8 Å². The van der Waals surface area contributed by atoms with Gasteiger partial charge in [-0.15, -0.1) is 11.8 Å². The molecule has 4 rings (SSSR count). The van der Waals surface area contributed by atoms with Gasteiger partial charge in [0.05, 0.1) is 18.3 Å². The topological polar surface area (TPSA) is 57.6 Å². The molecule has 2 aliphatic heterocycles. The lowest BCUT2D eigenvalue weighted by Gasteiger charge is -2.23. The Labute approximate surface area is 147 Å². The fourth-order valence-electron chi connectivity index (χ4n) is 3.34. The van der Waals surface area contributed by atoms with Gasteiger partial charge in [0.25, 0.3) is 0 Å². The third-order valence-corrected chi connectivity index (χ3v) is 6.15. The third kappa shape index (κ3) is 3.09. The number of aliphatic hydroxyl groups excluding tert-OH is 1. The first-order chi connectivity index (χ1) is 11.2. The Bertz CT molecular complexity index is 752. The van der Waals surface area contributed by atoms with Crippen LogP contribution in [0.5, 0.6) is 0 Å². The standard InChI is InChI=1S/C17H19BrN2O2S/c18-12-5-11-6-15(17-19-13(8-21)9-23-17)20-16(11)14(7-12)10-1-3-22-4-2-10/h5-7,10,13,20-21H,1-4,8-9H2. The smallest absolute Gasteiger partial charge is 0.115 e. The Morgan fingerprint density at radius 3 is 2.87 bits per heavy atom. The van der Waals surface area contributed by atoms with E-state index in [4.69, 9.17) is 4.74 Å². The Hall–Kier alpha value is -0.820. The van der Waals surface area contributed by atoms with Crippen LogP contribution in [0, 0.1) is 0 Å². The molecule has 0 spiro atoms. The molecule has 3 heterocycles. The largest absolute Gasteiger partial charge is 0.394 e. The second kappa shape index (κ2) is 6.59. The lowest BCUT2D eigenvalue weighted by molar-refractivity contribution is 0.0856. The predicted molar refractivity (Wildman–Crippen MR) is 98.7 cm³/mol. The van der Waals surface area contributed by atoms with E-state index in [0.29, 0.717) is 5.92 Å². The normalized spacial score (nSPS) is 22.7. The molecule has 1 atom stereocenters. The first-order valence-electron chi connectivity index (χ1n) is 7.96. The first kappa shape index (κ1) is 15.7. The molecule has 0 aliphatic carbocycles. The zero-order valence-electron chi connectivity index (χ0n) is 12.7. The lowest BCUT2D eigenvalue weighted by atomic mass is 9.90. The van der Waals surface area contributed by atoms with Crippen molar-refractivity contribution >= 4 is 43.6 Å². The van der Waals surface area contributed by atoms with E-state index in [9.17, 15) is 5.11 Å². The summed E-state index contributed by atoms with van der Waals surface area (Å²) in [6.07, 6.45) is 2.14. The van der Waals surface area contributed by atoms with Crippen LogP contribution in [0.2, 0.25) is 0 Å². The quantitative estimate of drug-likeness (QED) is 0.834. The zero-order valence-corrected chi connectivity index (χ0v) is 15.1. The molecule has 1 fully saturated rings. The van der Waals surface area contributed by atoms with E-state index in [-0.39, 0.29) is 12.6 Å². The Balaban J connectivity index is 1.76. The number of aromatic amines is 1. The monoisotopic (exact) mass is 394 g/mol. The molecule has 1 saturated heterocycles. The number of nitrogens with zero attached hydrogens (tertiary/aromatic N) is 1. The third-order valence-electron chi connectivity index (χ3n) is 4.54. The summed E-state index contributed by atoms with van der Waals surface area (Å²) >= 11 is 5.37. The summed E-state index contributed by atoms with van der Waals surface area (Å²) in [7, 11) is 0. The summed E-state index contributed by atoms with van der Waals surface area (Å²) in [6.45, 7) is 1.80. The molecule has 1 aromatic carbocycles. The van der Waals surface area contributed by atoms with E-state index in [0.717, 1.165) is 47.0 Å². The van der Waals surface area contributed by atoms with Crippen LogP contribution in [0.1, 0.15) is 30.0 Å². The molecule has 0 amide bonds. The molecule has 2 aliphatic rings. The fraction of sp³-hybridized carbons (Fsp3) is 0.471. The van der Waals surface area contributed by atoms with Crippen molar-refractivity contribution in [2.24, 2.45) is 4.99 Å². The average Bonchev–Trinajstić information content (AvgIpc) is 3.21. The molecule has 1 aromatic heterocycles. The summed E-state index contributed by atoms with van der Waals surface area (Å²) in [5.74, 6) is 1.40. The number of aromatic nitrogens is 1. The molecule has 4 nitrogen and oxygen atoms in total. The van der Waals surface area contributed by atoms with E-state index in [1.807, 2.05) is 0 Å². The van der Waals surface area contributed by atoms with Crippen molar-refractivity contribution in [1.29, 1.82) is 0 Å². The lowest BCUT2D eigenvalue weighted by Crippen LogP contribution is -2.14. The SMILES string of the molecule is OCC1CSC(c2cc3cc(Br)cc(C4CCOCC4)c3[nH]2)=N1. The van der Waals surface area contributed by atoms with Crippen molar-refractivity contribution in [3.05, 3.63) is 33.9 Å². The van der Waals surface area contributed by atoms with Gasteiger partial charge in [0, 0.05) is 34.3 Å². The molecule has 23 heavy (non-hydrogen) atoms. The van der Waals surface area contributed by atoms with Crippen LogP contribution in [0.3, 0.4) is 0 Å². The summed E-state index contributed by atoms with van der Waals surface area (Å²) in [6, 6.07) is 6.60. The van der Waals surface area contributed by atoms with E-state index < -0.39 is 0 Å². The number of thioether (sulfide) groups is 1. The van der Waals surface area contributed by atoms with E-state index in [1.54, 1.807) is 11.8 Å². The number of benzene rings is 1. The number of hydrogen-bond acceptors (Lipinski definition) is 4. The maximum absolute atomic E-state index is 9.27. The molecule has 2 N–H and O–H groups in total. The minimum atomic E-state index is 0.0307. The Kier molecular flexibility index (Phi) is 4.50. The highest BCUT2D eigenvalue weighted by molar-refractivity contribution is 9.10. The summed E-state index contributed by atoms with van der Waals surface area (Å²) in [5, 5.41) is 11.5. The van der Waals surface area contributed by atoms with Crippen molar-refractivity contribution in [2.45, 2.75) is 24.8 Å². The first-order valence-corrected chi connectivity index (χ1v) is 9.74. The van der Waals surface area contributed by atoms with Crippen molar-refractivity contribution in [1.82, 2.24) is 4.98 Å².